The predicted octanol–water partition coefficient (Wildman–Crippen LogP) is 5.27. The van der Waals surface area contributed by atoms with Crippen molar-refractivity contribution in [3.05, 3.63) is 97.9 Å². The van der Waals surface area contributed by atoms with Crippen LogP contribution in [0.2, 0.25) is 0 Å². The van der Waals surface area contributed by atoms with E-state index in [4.69, 9.17) is 10.5 Å². The van der Waals surface area contributed by atoms with Gasteiger partial charge in [0.2, 0.25) is 5.88 Å². The molecule has 0 saturated carbocycles. The summed E-state index contributed by atoms with van der Waals surface area (Å²) in [6, 6.07) is 21.2. The quantitative estimate of drug-likeness (QED) is 0.373. The number of nitrogens with zero attached hydrogens (tertiary/aromatic N) is 2. The van der Waals surface area contributed by atoms with Crippen LogP contribution in [0.25, 0.3) is 0 Å². The molecule has 0 radical (unpaired) electrons. The van der Waals surface area contributed by atoms with E-state index in [1.807, 2.05) is 55.5 Å². The van der Waals surface area contributed by atoms with Gasteiger partial charge in [0.1, 0.15) is 23.1 Å². The van der Waals surface area contributed by atoms with Crippen LogP contribution in [-0.2, 0) is 0 Å². The SMILES string of the molecule is Cc1ccc(N=Cc2cc3c(cc2O)OC(N)=C(C#N)[C@@H]3c2cccc(I)c2)cc1. The Bertz CT molecular complexity index is 1220. The highest BCUT2D eigenvalue weighted by molar-refractivity contribution is 14.1. The van der Waals surface area contributed by atoms with Crippen LogP contribution < -0.4 is 10.5 Å². The van der Waals surface area contributed by atoms with Crippen LogP contribution in [-0.4, -0.2) is 11.3 Å². The Morgan fingerprint density at radius 2 is 1.93 bits per heavy atom. The lowest BCUT2D eigenvalue weighted by atomic mass is 9.83. The molecule has 0 aromatic heterocycles. The van der Waals surface area contributed by atoms with Gasteiger partial charge in [-0.1, -0.05) is 29.8 Å². The summed E-state index contributed by atoms with van der Waals surface area (Å²) < 4.78 is 6.71. The van der Waals surface area contributed by atoms with E-state index in [0.717, 1.165) is 25.9 Å². The third kappa shape index (κ3) is 3.89. The molecule has 1 aliphatic heterocycles. The molecule has 5 nitrogen and oxygen atoms in total. The summed E-state index contributed by atoms with van der Waals surface area (Å²) in [6.07, 6.45) is 1.61. The Kier molecular flexibility index (Phi) is 5.46. The second-order valence-electron chi connectivity index (χ2n) is 7.02. The van der Waals surface area contributed by atoms with Gasteiger partial charge in [0, 0.05) is 27.0 Å². The molecule has 0 fully saturated rings. The first-order valence-electron chi connectivity index (χ1n) is 9.27. The van der Waals surface area contributed by atoms with Gasteiger partial charge in [-0.25, -0.2) is 0 Å². The maximum Gasteiger partial charge on any atom is 0.205 e. The maximum atomic E-state index is 10.5. The molecule has 1 atom stereocenters. The number of hydrogen-bond acceptors (Lipinski definition) is 5. The molecule has 6 heteroatoms. The Labute approximate surface area is 188 Å². The number of nitrogens with two attached hydrogens (primary N) is 1. The highest BCUT2D eigenvalue weighted by Crippen LogP contribution is 2.44. The van der Waals surface area contributed by atoms with E-state index >= 15 is 0 Å². The predicted molar refractivity (Wildman–Crippen MR) is 125 cm³/mol. The fourth-order valence-electron chi connectivity index (χ4n) is 3.42. The average molecular weight is 507 g/mol. The van der Waals surface area contributed by atoms with E-state index in [1.165, 1.54) is 6.07 Å². The lowest BCUT2D eigenvalue weighted by Gasteiger charge is -2.27. The zero-order chi connectivity index (χ0) is 21.3. The van der Waals surface area contributed by atoms with Crippen molar-refractivity contribution in [1.29, 1.82) is 5.26 Å². The van der Waals surface area contributed by atoms with E-state index in [0.29, 0.717) is 16.9 Å². The van der Waals surface area contributed by atoms with Crippen LogP contribution in [0, 0.1) is 21.8 Å². The van der Waals surface area contributed by atoms with Gasteiger partial charge < -0.3 is 15.6 Å². The molecule has 30 heavy (non-hydrogen) atoms. The van der Waals surface area contributed by atoms with Crippen molar-refractivity contribution in [3.63, 3.8) is 0 Å². The fraction of sp³-hybridized carbons (Fsp3) is 0.0833. The molecule has 0 saturated heterocycles. The Morgan fingerprint density at radius 1 is 1.17 bits per heavy atom. The molecule has 4 rings (SSSR count). The molecular weight excluding hydrogens is 489 g/mol. The van der Waals surface area contributed by atoms with Gasteiger partial charge in [-0.3, -0.25) is 4.99 Å². The van der Waals surface area contributed by atoms with Crippen LogP contribution in [0.3, 0.4) is 0 Å². The number of fused-ring (bicyclic) bond motifs is 1. The smallest absolute Gasteiger partial charge is 0.205 e. The number of aromatic hydroxyl groups is 1. The van der Waals surface area contributed by atoms with Crippen LogP contribution >= 0.6 is 22.6 Å². The highest BCUT2D eigenvalue weighted by Gasteiger charge is 2.31. The minimum Gasteiger partial charge on any atom is -0.507 e. The number of allylic oxidation sites excluding steroid dienone is 1. The third-order valence-electron chi connectivity index (χ3n) is 4.93. The van der Waals surface area contributed by atoms with E-state index in [2.05, 4.69) is 33.7 Å². The number of phenols is 1. The van der Waals surface area contributed by atoms with Gasteiger partial charge in [0.05, 0.1) is 11.6 Å². The van der Waals surface area contributed by atoms with Crippen LogP contribution in [0.5, 0.6) is 11.5 Å². The van der Waals surface area contributed by atoms with Gasteiger partial charge in [-0.2, -0.15) is 5.26 Å². The van der Waals surface area contributed by atoms with Crippen molar-refractivity contribution >= 4 is 34.5 Å². The third-order valence-corrected chi connectivity index (χ3v) is 5.60. The number of ether oxygens (including phenoxy) is 1. The van der Waals surface area contributed by atoms with Crippen LogP contribution in [0.4, 0.5) is 5.69 Å². The first-order chi connectivity index (χ1) is 14.5. The van der Waals surface area contributed by atoms with Gasteiger partial charge in [0.25, 0.3) is 0 Å². The summed E-state index contributed by atoms with van der Waals surface area (Å²) in [6.45, 7) is 2.01. The zero-order valence-corrected chi connectivity index (χ0v) is 18.3. The van der Waals surface area contributed by atoms with Gasteiger partial charge in [-0.05, 0) is 65.4 Å². The van der Waals surface area contributed by atoms with Crippen molar-refractivity contribution in [2.75, 3.05) is 0 Å². The van der Waals surface area contributed by atoms with Crippen molar-refractivity contribution in [2.45, 2.75) is 12.8 Å². The molecule has 0 spiro atoms. The number of halogens is 1. The molecule has 0 amide bonds. The molecule has 3 aromatic rings. The monoisotopic (exact) mass is 507 g/mol. The molecule has 3 N–H and O–H groups in total. The Hall–Kier alpha value is -3.31. The number of nitriles is 1. The molecule has 1 aliphatic rings. The second kappa shape index (κ2) is 8.20. The molecular formula is C24H18IN3O2. The number of phenolic OH excluding ortho intramolecular Hbond substituents is 1. The maximum absolute atomic E-state index is 10.5. The number of aliphatic imine (C=N–C) groups is 1. The van der Waals surface area contributed by atoms with E-state index < -0.39 is 0 Å². The number of hydrogen-bond donors (Lipinski definition) is 2. The number of aryl methyl sites for hydroxylation is 1. The largest absolute Gasteiger partial charge is 0.507 e. The Balaban J connectivity index is 1.82. The van der Waals surface area contributed by atoms with Gasteiger partial charge in [-0.15, -0.1) is 0 Å². The minimum absolute atomic E-state index is 0.0270. The van der Waals surface area contributed by atoms with E-state index in [-0.39, 0.29) is 17.6 Å². The first-order valence-corrected chi connectivity index (χ1v) is 10.3. The molecule has 0 aliphatic carbocycles. The summed E-state index contributed by atoms with van der Waals surface area (Å²) in [5.74, 6) is 0.120. The summed E-state index contributed by atoms with van der Waals surface area (Å²) in [7, 11) is 0. The van der Waals surface area contributed by atoms with Gasteiger partial charge >= 0.3 is 0 Å². The molecule has 3 aromatic carbocycles. The molecule has 1 heterocycles. The molecule has 0 unspecified atom stereocenters. The van der Waals surface area contributed by atoms with Crippen LogP contribution in [0.15, 0.2) is 77.1 Å². The normalized spacial score (nSPS) is 15.6. The van der Waals surface area contributed by atoms with Crippen LogP contribution in [0.1, 0.15) is 28.2 Å². The lowest BCUT2D eigenvalue weighted by molar-refractivity contribution is 0.388. The summed E-state index contributed by atoms with van der Waals surface area (Å²) in [5, 5.41) is 20.2. The van der Waals surface area contributed by atoms with Crippen molar-refractivity contribution < 1.29 is 9.84 Å². The van der Waals surface area contributed by atoms with E-state index in [9.17, 15) is 10.4 Å². The Morgan fingerprint density at radius 3 is 2.63 bits per heavy atom. The highest BCUT2D eigenvalue weighted by atomic mass is 127. The number of benzene rings is 3. The average Bonchev–Trinajstić information content (AvgIpc) is 2.72. The van der Waals surface area contributed by atoms with E-state index in [1.54, 1.807) is 12.3 Å². The first kappa shape index (κ1) is 20.0. The van der Waals surface area contributed by atoms with Crippen molar-refractivity contribution in [3.8, 4) is 17.6 Å². The number of rotatable bonds is 3. The van der Waals surface area contributed by atoms with Crippen molar-refractivity contribution in [1.82, 2.24) is 0 Å². The van der Waals surface area contributed by atoms with Gasteiger partial charge in [0.15, 0.2) is 0 Å². The summed E-state index contributed by atoms with van der Waals surface area (Å²) in [4.78, 5) is 4.46. The second-order valence-corrected chi connectivity index (χ2v) is 8.27. The fourth-order valence-corrected chi connectivity index (χ4v) is 3.99. The molecule has 0 bridgehead atoms. The standard InChI is InChI=1S/C24H18IN3O2/c1-14-5-7-18(8-6-14)28-13-16-10-19-22(11-21(16)29)30-24(27)20(12-26)23(19)15-3-2-4-17(25)9-15/h2-11,13,23,29H,27H2,1H3/t23-/m1/s1. The topological polar surface area (TPSA) is 91.6 Å². The van der Waals surface area contributed by atoms with Crippen molar-refractivity contribution in [2.24, 2.45) is 10.7 Å². The minimum atomic E-state index is -0.388. The zero-order valence-electron chi connectivity index (χ0n) is 16.1. The molecule has 148 valence electrons. The summed E-state index contributed by atoms with van der Waals surface area (Å²) >= 11 is 2.24. The summed E-state index contributed by atoms with van der Waals surface area (Å²) in [5.41, 5.74) is 10.5. The lowest BCUT2D eigenvalue weighted by Crippen LogP contribution is -2.21.